The largest absolute Gasteiger partial charge is 0.493 e. The van der Waals surface area contributed by atoms with Crippen LogP contribution in [0.25, 0.3) is 0 Å². The van der Waals surface area contributed by atoms with E-state index in [9.17, 15) is 0 Å². The molecule has 2 rings (SSSR count). The third kappa shape index (κ3) is 3.15. The summed E-state index contributed by atoms with van der Waals surface area (Å²) in [5.41, 5.74) is 6.19. The van der Waals surface area contributed by atoms with Crippen LogP contribution in [0.4, 0.5) is 0 Å². The first-order chi connectivity index (χ1) is 8.70. The van der Waals surface area contributed by atoms with E-state index in [2.05, 4.69) is 11.9 Å². The van der Waals surface area contributed by atoms with E-state index in [-0.39, 0.29) is 6.04 Å². The minimum Gasteiger partial charge on any atom is -0.493 e. The lowest BCUT2D eigenvalue weighted by Gasteiger charge is -2.20. The topological polar surface area (TPSA) is 47.7 Å². The highest BCUT2D eigenvalue weighted by atomic mass is 16.5. The van der Waals surface area contributed by atoms with E-state index in [1.165, 1.54) is 0 Å². The van der Waals surface area contributed by atoms with Crippen molar-refractivity contribution in [1.29, 1.82) is 0 Å². The molecule has 2 N–H and O–H groups in total. The monoisotopic (exact) mass is 250 g/mol. The molecular formula is C14H22N2O2. The lowest BCUT2D eigenvalue weighted by molar-refractivity contribution is 0.236. The van der Waals surface area contributed by atoms with Gasteiger partial charge in [0.2, 0.25) is 0 Å². The minimum absolute atomic E-state index is 0.0832. The van der Waals surface area contributed by atoms with Gasteiger partial charge in [-0.25, -0.2) is 0 Å². The second-order valence-corrected chi connectivity index (χ2v) is 4.94. The zero-order valence-electron chi connectivity index (χ0n) is 11.1. The van der Waals surface area contributed by atoms with E-state index < -0.39 is 0 Å². The zero-order chi connectivity index (χ0) is 13.0. The first kappa shape index (κ1) is 13.2. The third-order valence-electron chi connectivity index (χ3n) is 3.53. The molecular weight excluding hydrogens is 228 g/mol. The Morgan fingerprint density at radius 3 is 2.72 bits per heavy atom. The molecule has 2 atom stereocenters. The number of ether oxygens (including phenoxy) is 2. The highest BCUT2D eigenvalue weighted by Gasteiger charge is 2.25. The van der Waals surface area contributed by atoms with Gasteiger partial charge < -0.3 is 20.1 Å². The molecule has 0 spiro atoms. The standard InChI is InChI=1S/C14H22N2O2/c1-16-8-7-11(9-16)12(15)10-18-14-6-4-3-5-13(14)17-2/h3-6,11-12H,7-10,15H2,1-2H3. The molecule has 18 heavy (non-hydrogen) atoms. The molecule has 1 aromatic rings. The summed E-state index contributed by atoms with van der Waals surface area (Å²) in [7, 11) is 3.78. The number of rotatable bonds is 5. The zero-order valence-corrected chi connectivity index (χ0v) is 11.1. The van der Waals surface area contributed by atoms with Gasteiger partial charge in [0, 0.05) is 12.6 Å². The fourth-order valence-corrected chi connectivity index (χ4v) is 2.38. The molecule has 0 radical (unpaired) electrons. The molecule has 0 aromatic heterocycles. The molecule has 1 saturated heterocycles. The first-order valence-electron chi connectivity index (χ1n) is 6.40. The van der Waals surface area contributed by atoms with Gasteiger partial charge in [-0.1, -0.05) is 12.1 Å². The second kappa shape index (κ2) is 6.07. The van der Waals surface area contributed by atoms with Gasteiger partial charge in [-0.05, 0) is 38.1 Å². The van der Waals surface area contributed by atoms with E-state index in [0.29, 0.717) is 12.5 Å². The number of nitrogens with zero attached hydrogens (tertiary/aromatic N) is 1. The number of hydrogen-bond acceptors (Lipinski definition) is 4. The van der Waals surface area contributed by atoms with E-state index in [0.717, 1.165) is 31.0 Å². The summed E-state index contributed by atoms with van der Waals surface area (Å²) in [6.07, 6.45) is 1.16. The van der Waals surface area contributed by atoms with Crippen molar-refractivity contribution in [3.05, 3.63) is 24.3 Å². The molecule has 1 aromatic carbocycles. The summed E-state index contributed by atoms with van der Waals surface area (Å²) >= 11 is 0. The van der Waals surface area contributed by atoms with Gasteiger partial charge in [-0.15, -0.1) is 0 Å². The number of para-hydroxylation sites is 2. The fraction of sp³-hybridized carbons (Fsp3) is 0.571. The summed E-state index contributed by atoms with van der Waals surface area (Å²) in [4.78, 5) is 2.31. The predicted molar refractivity (Wildman–Crippen MR) is 72.1 cm³/mol. The van der Waals surface area contributed by atoms with Crippen molar-refractivity contribution < 1.29 is 9.47 Å². The molecule has 1 heterocycles. The predicted octanol–water partition coefficient (Wildman–Crippen LogP) is 1.35. The molecule has 4 heteroatoms. The Balaban J connectivity index is 1.87. The molecule has 1 fully saturated rings. The highest BCUT2D eigenvalue weighted by molar-refractivity contribution is 5.39. The van der Waals surface area contributed by atoms with E-state index in [1.54, 1.807) is 7.11 Å². The maximum atomic E-state index is 6.19. The summed E-state index contributed by atoms with van der Waals surface area (Å²) < 4.78 is 11.0. The first-order valence-corrected chi connectivity index (χ1v) is 6.40. The Labute approximate surface area is 109 Å². The number of benzene rings is 1. The smallest absolute Gasteiger partial charge is 0.161 e. The Morgan fingerprint density at radius 1 is 1.39 bits per heavy atom. The van der Waals surface area contributed by atoms with Crippen molar-refractivity contribution in [1.82, 2.24) is 4.90 Å². The van der Waals surface area contributed by atoms with Gasteiger partial charge in [-0.3, -0.25) is 0 Å². The van der Waals surface area contributed by atoms with Crippen LogP contribution in [0.1, 0.15) is 6.42 Å². The number of hydrogen-bond donors (Lipinski definition) is 1. The van der Waals surface area contributed by atoms with Crippen LogP contribution in [0, 0.1) is 5.92 Å². The van der Waals surface area contributed by atoms with Gasteiger partial charge in [0.1, 0.15) is 6.61 Å². The van der Waals surface area contributed by atoms with Crippen LogP contribution in [-0.2, 0) is 0 Å². The van der Waals surface area contributed by atoms with Crippen molar-refractivity contribution in [2.75, 3.05) is 33.9 Å². The fourth-order valence-electron chi connectivity index (χ4n) is 2.38. The quantitative estimate of drug-likeness (QED) is 0.857. The maximum absolute atomic E-state index is 6.19. The highest BCUT2D eigenvalue weighted by Crippen LogP contribution is 2.26. The van der Waals surface area contributed by atoms with Crippen molar-refractivity contribution in [3.8, 4) is 11.5 Å². The normalized spacial score (nSPS) is 21.8. The lowest BCUT2D eigenvalue weighted by Crippen LogP contribution is -2.37. The Morgan fingerprint density at radius 2 is 2.11 bits per heavy atom. The Hall–Kier alpha value is -1.26. The summed E-state index contributed by atoms with van der Waals surface area (Å²) in [5.74, 6) is 2.06. The van der Waals surface area contributed by atoms with Crippen LogP contribution in [0.3, 0.4) is 0 Å². The molecule has 1 aliphatic heterocycles. The van der Waals surface area contributed by atoms with Crippen molar-refractivity contribution in [3.63, 3.8) is 0 Å². The summed E-state index contributed by atoms with van der Waals surface area (Å²) in [6, 6.07) is 7.75. The SMILES string of the molecule is COc1ccccc1OCC(N)C1CCN(C)C1. The molecule has 100 valence electrons. The second-order valence-electron chi connectivity index (χ2n) is 4.94. The van der Waals surface area contributed by atoms with Crippen LogP contribution in [-0.4, -0.2) is 44.8 Å². The van der Waals surface area contributed by atoms with Crippen molar-refractivity contribution in [2.24, 2.45) is 11.7 Å². The van der Waals surface area contributed by atoms with E-state index >= 15 is 0 Å². The lowest BCUT2D eigenvalue weighted by atomic mass is 10.0. The molecule has 2 unspecified atom stereocenters. The van der Waals surface area contributed by atoms with Crippen LogP contribution in [0.15, 0.2) is 24.3 Å². The van der Waals surface area contributed by atoms with E-state index in [4.69, 9.17) is 15.2 Å². The van der Waals surface area contributed by atoms with Crippen molar-refractivity contribution in [2.45, 2.75) is 12.5 Å². The molecule has 1 aliphatic rings. The van der Waals surface area contributed by atoms with Crippen LogP contribution < -0.4 is 15.2 Å². The molecule has 0 aliphatic carbocycles. The van der Waals surface area contributed by atoms with Crippen LogP contribution in [0.2, 0.25) is 0 Å². The molecule has 0 bridgehead atoms. The van der Waals surface area contributed by atoms with Crippen LogP contribution >= 0.6 is 0 Å². The summed E-state index contributed by atoms with van der Waals surface area (Å²) in [6.45, 7) is 2.74. The van der Waals surface area contributed by atoms with E-state index in [1.807, 2.05) is 24.3 Å². The number of methoxy groups -OCH3 is 1. The van der Waals surface area contributed by atoms with Gasteiger partial charge in [-0.2, -0.15) is 0 Å². The van der Waals surface area contributed by atoms with Crippen molar-refractivity contribution >= 4 is 0 Å². The third-order valence-corrected chi connectivity index (χ3v) is 3.53. The van der Waals surface area contributed by atoms with Gasteiger partial charge >= 0.3 is 0 Å². The van der Waals surface area contributed by atoms with Crippen LogP contribution in [0.5, 0.6) is 11.5 Å². The molecule has 0 saturated carbocycles. The Kier molecular flexibility index (Phi) is 4.44. The van der Waals surface area contributed by atoms with Gasteiger partial charge in [0.25, 0.3) is 0 Å². The van der Waals surface area contributed by atoms with Gasteiger partial charge in [0.15, 0.2) is 11.5 Å². The molecule has 0 amide bonds. The minimum atomic E-state index is 0.0832. The number of nitrogens with two attached hydrogens (primary N) is 1. The van der Waals surface area contributed by atoms with Gasteiger partial charge in [0.05, 0.1) is 7.11 Å². The average molecular weight is 250 g/mol. The Bertz CT molecular complexity index is 384. The maximum Gasteiger partial charge on any atom is 0.161 e. The molecule has 4 nitrogen and oxygen atoms in total. The average Bonchev–Trinajstić information content (AvgIpc) is 2.83. The summed E-state index contributed by atoms with van der Waals surface area (Å²) in [5, 5.41) is 0. The number of likely N-dealkylation sites (tertiary alicyclic amines) is 1.